The first-order valence-corrected chi connectivity index (χ1v) is 3.60. The zero-order chi connectivity index (χ0) is 5.15. The molecule has 48 valence electrons. The van der Waals surface area contributed by atoms with Crippen molar-refractivity contribution in [2.24, 2.45) is 0 Å². The van der Waals surface area contributed by atoms with Gasteiger partial charge in [-0.15, -0.1) is 0 Å². The van der Waals surface area contributed by atoms with Gasteiger partial charge in [0.25, 0.3) is 20.2 Å². The Bertz CT molecular complexity index is 90.1. The third kappa shape index (κ3) is 18.3. The van der Waals surface area contributed by atoms with E-state index in [0.717, 1.165) is 0 Å². The Morgan fingerprint density at radius 3 is 1.11 bits per heavy atom. The molecule has 9 heteroatoms. The quantitative estimate of drug-likeness (QED) is 0.266. The topological polar surface area (TPSA) is 74.6 Å². The minimum absolute atomic E-state index is 0. The van der Waals surface area contributed by atoms with E-state index in [1.807, 2.05) is 0 Å². The summed E-state index contributed by atoms with van der Waals surface area (Å²) in [4.78, 5) is 0. The summed E-state index contributed by atoms with van der Waals surface area (Å²) in [6, 6.07) is 0. The van der Waals surface area contributed by atoms with E-state index >= 15 is 0 Å². The van der Waals surface area contributed by atoms with Crippen molar-refractivity contribution in [3.05, 3.63) is 0 Å². The summed E-state index contributed by atoms with van der Waals surface area (Å²) in [7, 11) is -5.18. The third-order valence-corrected chi connectivity index (χ3v) is 1.10. The number of hydrogen-bond acceptors (Lipinski definition) is 2. The summed E-state index contributed by atoms with van der Waals surface area (Å²) in [5.74, 6) is 0. The Hall–Kier alpha value is 3.14. The molecule has 0 amide bonds. The standard InChI is InChI=1S/2Na.H2O4S2.Pb.4H/c;;1-5(2)6(3)4;;;;;/h;;(H,1,2)(H,3,4);;;;;/q2*+1;;;;;2*-1. The summed E-state index contributed by atoms with van der Waals surface area (Å²) in [5.41, 5.74) is 0. The second-order valence-corrected chi connectivity index (χ2v) is 3.01. The van der Waals surface area contributed by atoms with Gasteiger partial charge in [0.15, 0.2) is 0 Å². The fraction of sp³-hybridized carbons (Fsp3) is 0. The molecule has 0 spiro atoms. The van der Waals surface area contributed by atoms with Gasteiger partial charge in [0.2, 0.25) is 0 Å². The van der Waals surface area contributed by atoms with Crippen LogP contribution in [0.3, 0.4) is 0 Å². The summed E-state index contributed by atoms with van der Waals surface area (Å²) in [6.07, 6.45) is 0. The molecule has 9 heavy (non-hydrogen) atoms. The van der Waals surface area contributed by atoms with Gasteiger partial charge in [0.05, 0.1) is 0 Å². The van der Waals surface area contributed by atoms with Crippen LogP contribution in [-0.2, 0) is 20.2 Å². The van der Waals surface area contributed by atoms with Gasteiger partial charge in [-0.2, -0.15) is 0 Å². The predicted octanol–water partition coefficient (Wildman–Crippen LogP) is -7.34. The molecular formula is H6Na2O4PbS2. The van der Waals surface area contributed by atoms with Gasteiger partial charge in [0, 0.05) is 0 Å². The fourth-order valence-corrected chi connectivity index (χ4v) is 0. The normalized spacial score (nSPS) is 13.1. The van der Waals surface area contributed by atoms with Crippen LogP contribution in [0.25, 0.3) is 0 Å². The molecule has 0 aromatic heterocycles. The van der Waals surface area contributed by atoms with E-state index in [9.17, 15) is 8.42 Å². The van der Waals surface area contributed by atoms with Gasteiger partial charge in [-0.25, -0.2) is 8.42 Å². The molecule has 0 rings (SSSR count). The van der Waals surface area contributed by atoms with Gasteiger partial charge in [-0.05, 0) is 0 Å². The molecule has 0 aromatic rings. The van der Waals surface area contributed by atoms with Crippen LogP contribution in [0.4, 0.5) is 0 Å². The molecule has 0 heterocycles. The molecule has 2 radical (unpaired) electrons. The Morgan fingerprint density at radius 2 is 1.11 bits per heavy atom. The Kier molecular flexibility index (Phi) is 34.6. The van der Waals surface area contributed by atoms with E-state index in [0.29, 0.717) is 0 Å². The molecule has 0 fully saturated rings. The summed E-state index contributed by atoms with van der Waals surface area (Å²) < 4.78 is 33.6. The first-order valence-electron chi connectivity index (χ1n) is 0.865. The average Bonchev–Trinajstić information content (AvgIpc) is 1.36. The maximum absolute atomic E-state index is 9.26. The zero-order valence-electron chi connectivity index (χ0n) is 7.23. The van der Waals surface area contributed by atoms with Crippen LogP contribution >= 0.6 is 0 Å². The molecule has 0 bridgehead atoms. The second kappa shape index (κ2) is 13.7. The number of hydrogen-bond donors (Lipinski definition) is 2. The van der Waals surface area contributed by atoms with Gasteiger partial charge in [-0.3, -0.25) is 9.11 Å². The summed E-state index contributed by atoms with van der Waals surface area (Å²) in [6.45, 7) is 0. The summed E-state index contributed by atoms with van der Waals surface area (Å²) >= 11 is 0. The van der Waals surface area contributed by atoms with Crippen molar-refractivity contribution in [1.29, 1.82) is 0 Å². The first-order chi connectivity index (χ1) is 2.64. The SMILES string of the molecule is O=S(O)S(=O)O.[H-].[H-].[Na+].[Na+].[PbH2]. The number of rotatable bonds is 1. The third-order valence-electron chi connectivity index (χ3n) is 0.122. The fourth-order valence-electron chi connectivity index (χ4n) is 0. The molecule has 0 aliphatic rings. The molecule has 0 aliphatic carbocycles. The van der Waals surface area contributed by atoms with Crippen molar-refractivity contribution in [2.45, 2.75) is 0 Å². The van der Waals surface area contributed by atoms with Crippen molar-refractivity contribution in [2.75, 3.05) is 0 Å². The van der Waals surface area contributed by atoms with Crippen LogP contribution in [0.15, 0.2) is 0 Å². The molecule has 2 N–H and O–H groups in total. The van der Waals surface area contributed by atoms with Crippen molar-refractivity contribution in [3.63, 3.8) is 0 Å². The van der Waals surface area contributed by atoms with Crippen LogP contribution < -0.4 is 59.1 Å². The van der Waals surface area contributed by atoms with Crippen LogP contribution in [0.2, 0.25) is 0 Å². The van der Waals surface area contributed by atoms with E-state index in [-0.39, 0.29) is 89.3 Å². The van der Waals surface area contributed by atoms with Crippen molar-refractivity contribution in [1.82, 2.24) is 0 Å². The van der Waals surface area contributed by atoms with E-state index in [1.165, 1.54) is 0 Å². The second-order valence-electron chi connectivity index (χ2n) is 0.434. The monoisotopic (exact) mass is 388 g/mol. The van der Waals surface area contributed by atoms with E-state index in [4.69, 9.17) is 9.11 Å². The van der Waals surface area contributed by atoms with Gasteiger partial charge < -0.3 is 2.85 Å². The van der Waals surface area contributed by atoms with Crippen molar-refractivity contribution in [3.8, 4) is 0 Å². The Balaban J connectivity index is -0.0000000125. The van der Waals surface area contributed by atoms with Gasteiger partial charge in [-0.1, -0.05) is 0 Å². The molecule has 2 unspecified atom stereocenters. The molecule has 0 aliphatic heterocycles. The van der Waals surface area contributed by atoms with E-state index in [1.54, 1.807) is 0 Å². The maximum atomic E-state index is 9.26. The Labute approximate surface area is 125 Å². The summed E-state index contributed by atoms with van der Waals surface area (Å²) in [5, 5.41) is 0. The van der Waals surface area contributed by atoms with Crippen LogP contribution in [0.5, 0.6) is 0 Å². The van der Waals surface area contributed by atoms with E-state index < -0.39 is 20.2 Å². The molecular weight excluding hydrogens is 381 g/mol. The molecule has 2 atom stereocenters. The predicted molar refractivity (Wildman–Crippen MR) is 32.3 cm³/mol. The molecule has 0 aromatic carbocycles. The van der Waals surface area contributed by atoms with Crippen LogP contribution in [0, 0.1) is 0 Å². The Morgan fingerprint density at radius 1 is 1.00 bits per heavy atom. The average molecular weight is 387 g/mol. The van der Waals surface area contributed by atoms with Crippen molar-refractivity contribution < 1.29 is 79.5 Å². The molecule has 0 saturated heterocycles. The van der Waals surface area contributed by atoms with Gasteiger partial charge in [0.1, 0.15) is 0 Å². The zero-order valence-corrected chi connectivity index (χ0v) is 16.4. The van der Waals surface area contributed by atoms with Gasteiger partial charge >= 0.3 is 86.4 Å². The minimum atomic E-state index is -2.59. The van der Waals surface area contributed by atoms with E-state index in [2.05, 4.69) is 0 Å². The molecule has 0 saturated carbocycles. The van der Waals surface area contributed by atoms with Crippen LogP contribution in [-0.4, -0.2) is 44.8 Å². The van der Waals surface area contributed by atoms with Crippen molar-refractivity contribution >= 4 is 47.5 Å². The molecule has 4 nitrogen and oxygen atoms in total. The first kappa shape index (κ1) is 22.7. The van der Waals surface area contributed by atoms with Crippen LogP contribution in [0.1, 0.15) is 2.85 Å².